The second kappa shape index (κ2) is 8.12. The van der Waals surface area contributed by atoms with E-state index in [2.05, 4.69) is 15.3 Å². The largest absolute Gasteiger partial charge is 0.416 e. The Bertz CT molecular complexity index is 1600. The van der Waals surface area contributed by atoms with Crippen LogP contribution in [0.15, 0.2) is 66.7 Å². The zero-order valence-corrected chi connectivity index (χ0v) is 18.8. The van der Waals surface area contributed by atoms with Crippen molar-refractivity contribution in [1.82, 2.24) is 14.5 Å². The Morgan fingerprint density at radius 2 is 1.57 bits per heavy atom. The fraction of sp³-hybridized carbons (Fsp3) is 0.115. The van der Waals surface area contributed by atoms with E-state index >= 15 is 0 Å². The first kappa shape index (κ1) is 22.4. The van der Waals surface area contributed by atoms with Crippen LogP contribution in [0.4, 0.5) is 24.7 Å². The minimum Gasteiger partial charge on any atom is -0.384 e. The molecule has 3 N–H and O–H groups in total. The highest BCUT2D eigenvalue weighted by atomic mass is 19.4. The van der Waals surface area contributed by atoms with Gasteiger partial charge in [0.15, 0.2) is 5.65 Å². The molecule has 9 heteroatoms. The van der Waals surface area contributed by atoms with E-state index in [1.165, 1.54) is 16.7 Å². The molecule has 2 aromatic heterocycles. The Labute approximate surface area is 198 Å². The topological polar surface area (TPSA) is 85.8 Å². The van der Waals surface area contributed by atoms with Crippen molar-refractivity contribution >= 4 is 39.6 Å². The molecule has 2 heterocycles. The van der Waals surface area contributed by atoms with Gasteiger partial charge in [0.1, 0.15) is 16.9 Å². The normalized spacial score (nSPS) is 11.8. The molecule has 0 saturated carbocycles. The van der Waals surface area contributed by atoms with Crippen LogP contribution in [-0.2, 0) is 6.18 Å². The molecule has 5 rings (SSSR count). The third-order valence-electron chi connectivity index (χ3n) is 5.94. The van der Waals surface area contributed by atoms with E-state index in [0.717, 1.165) is 23.3 Å². The van der Waals surface area contributed by atoms with E-state index in [1.807, 2.05) is 26.0 Å². The Morgan fingerprint density at radius 1 is 0.914 bits per heavy atom. The van der Waals surface area contributed by atoms with Crippen LogP contribution < -0.4 is 11.1 Å². The van der Waals surface area contributed by atoms with E-state index in [0.29, 0.717) is 22.4 Å². The summed E-state index contributed by atoms with van der Waals surface area (Å²) in [7, 11) is 0. The number of aromatic nitrogens is 3. The van der Waals surface area contributed by atoms with Gasteiger partial charge in [-0.2, -0.15) is 13.2 Å². The number of fused-ring (bicyclic) bond motifs is 2. The van der Waals surface area contributed by atoms with Crippen LogP contribution in [0, 0.1) is 13.8 Å². The number of nitrogen functional groups attached to an aromatic ring is 1. The number of hydrogen-bond donors (Lipinski definition) is 2. The van der Waals surface area contributed by atoms with Crippen molar-refractivity contribution in [2.45, 2.75) is 20.0 Å². The lowest BCUT2D eigenvalue weighted by atomic mass is 10.1. The molecule has 0 radical (unpaired) electrons. The summed E-state index contributed by atoms with van der Waals surface area (Å²) in [6, 6.07) is 17.2. The Balaban J connectivity index is 1.70. The monoisotopic (exact) mass is 475 g/mol. The third-order valence-corrected chi connectivity index (χ3v) is 5.94. The van der Waals surface area contributed by atoms with E-state index in [9.17, 15) is 18.0 Å². The molecule has 1 amide bonds. The number of para-hydroxylation sites is 2. The van der Waals surface area contributed by atoms with Crippen molar-refractivity contribution in [3.63, 3.8) is 0 Å². The number of carbonyl (C=O) groups is 1. The second-order valence-corrected chi connectivity index (χ2v) is 8.28. The lowest BCUT2D eigenvalue weighted by Gasteiger charge is -2.11. The van der Waals surface area contributed by atoms with Gasteiger partial charge in [-0.25, -0.2) is 9.97 Å². The van der Waals surface area contributed by atoms with Gasteiger partial charge in [-0.05, 0) is 73.5 Å². The van der Waals surface area contributed by atoms with Crippen LogP contribution in [0.5, 0.6) is 0 Å². The van der Waals surface area contributed by atoms with Gasteiger partial charge in [0.2, 0.25) is 0 Å². The minimum absolute atomic E-state index is 0.0244. The van der Waals surface area contributed by atoms with Crippen molar-refractivity contribution in [1.29, 1.82) is 0 Å². The predicted molar refractivity (Wildman–Crippen MR) is 130 cm³/mol. The van der Waals surface area contributed by atoms with Crippen molar-refractivity contribution in [2.24, 2.45) is 0 Å². The summed E-state index contributed by atoms with van der Waals surface area (Å²) < 4.78 is 40.7. The van der Waals surface area contributed by atoms with Crippen LogP contribution in [0.2, 0.25) is 0 Å². The number of rotatable bonds is 3. The van der Waals surface area contributed by atoms with Crippen LogP contribution in [0.25, 0.3) is 27.9 Å². The zero-order chi connectivity index (χ0) is 24.9. The summed E-state index contributed by atoms with van der Waals surface area (Å²) in [5.74, 6) is -0.470. The van der Waals surface area contributed by atoms with E-state index in [4.69, 9.17) is 5.73 Å². The lowest BCUT2D eigenvalue weighted by molar-refractivity contribution is -0.137. The molecule has 0 aliphatic heterocycles. The highest BCUT2D eigenvalue weighted by molar-refractivity contribution is 6.16. The summed E-state index contributed by atoms with van der Waals surface area (Å²) in [5.41, 5.74) is 10.4. The van der Waals surface area contributed by atoms with Gasteiger partial charge in [-0.1, -0.05) is 18.2 Å². The maximum Gasteiger partial charge on any atom is 0.416 e. The Kier molecular flexibility index (Phi) is 5.20. The van der Waals surface area contributed by atoms with Gasteiger partial charge >= 0.3 is 6.18 Å². The molecule has 0 unspecified atom stereocenters. The first-order valence-electron chi connectivity index (χ1n) is 10.8. The number of nitrogens with zero attached hydrogens (tertiary/aromatic N) is 3. The molecule has 0 aliphatic rings. The lowest BCUT2D eigenvalue weighted by Crippen LogP contribution is -2.14. The number of hydrogen-bond acceptors (Lipinski definition) is 4. The van der Waals surface area contributed by atoms with Crippen LogP contribution >= 0.6 is 0 Å². The first-order valence-corrected chi connectivity index (χ1v) is 10.8. The molecule has 5 aromatic rings. The van der Waals surface area contributed by atoms with E-state index < -0.39 is 17.6 Å². The standard InChI is InChI=1S/C26H20F3N5O/c1-14-7-10-17(13-15(14)2)31-25(35)21-22-24(33-20-6-4-3-5-19(20)32-22)34(23(21)30)18-11-8-16(9-12-18)26(27,28)29/h3-13H,30H2,1-2H3,(H,31,35). The van der Waals surface area contributed by atoms with Gasteiger partial charge in [0.05, 0.1) is 16.6 Å². The van der Waals surface area contributed by atoms with Crippen molar-refractivity contribution in [3.8, 4) is 5.69 Å². The van der Waals surface area contributed by atoms with E-state index in [1.54, 1.807) is 30.3 Å². The molecule has 0 saturated heterocycles. The number of nitrogens with two attached hydrogens (primary N) is 1. The van der Waals surface area contributed by atoms with Gasteiger partial charge in [0, 0.05) is 11.4 Å². The molecule has 0 bridgehead atoms. The average Bonchev–Trinajstić information content (AvgIpc) is 3.10. The first-order chi connectivity index (χ1) is 16.6. The molecule has 176 valence electrons. The van der Waals surface area contributed by atoms with Crippen molar-refractivity contribution in [2.75, 3.05) is 11.1 Å². The van der Waals surface area contributed by atoms with E-state index in [-0.39, 0.29) is 22.5 Å². The smallest absolute Gasteiger partial charge is 0.384 e. The van der Waals surface area contributed by atoms with Gasteiger partial charge in [-0.15, -0.1) is 0 Å². The van der Waals surface area contributed by atoms with Crippen molar-refractivity contribution in [3.05, 3.63) is 89.0 Å². The van der Waals surface area contributed by atoms with Gasteiger partial charge in [0.25, 0.3) is 5.91 Å². The number of nitrogens with one attached hydrogen (secondary N) is 1. The summed E-state index contributed by atoms with van der Waals surface area (Å²) in [5, 5.41) is 2.85. The molecule has 6 nitrogen and oxygen atoms in total. The van der Waals surface area contributed by atoms with Gasteiger partial charge < -0.3 is 11.1 Å². The average molecular weight is 475 g/mol. The quantitative estimate of drug-likeness (QED) is 0.333. The van der Waals surface area contributed by atoms with Crippen LogP contribution in [-0.4, -0.2) is 20.4 Å². The molecule has 0 aliphatic carbocycles. The SMILES string of the molecule is Cc1ccc(NC(=O)c2c(N)n(-c3ccc(C(F)(F)F)cc3)c3nc4ccccc4nc23)cc1C. The maximum atomic E-state index is 13.4. The maximum absolute atomic E-state index is 13.4. The fourth-order valence-electron chi connectivity index (χ4n) is 3.96. The number of alkyl halides is 3. The highest BCUT2D eigenvalue weighted by Gasteiger charge is 2.31. The Morgan fingerprint density at radius 3 is 2.20 bits per heavy atom. The second-order valence-electron chi connectivity index (χ2n) is 8.28. The highest BCUT2D eigenvalue weighted by Crippen LogP contribution is 2.34. The van der Waals surface area contributed by atoms with Gasteiger partial charge in [-0.3, -0.25) is 9.36 Å². The number of carbonyl (C=O) groups excluding carboxylic acids is 1. The number of anilines is 2. The molecular formula is C26H20F3N5O. The molecule has 0 fully saturated rings. The summed E-state index contributed by atoms with van der Waals surface area (Å²) in [6.07, 6.45) is -4.48. The summed E-state index contributed by atoms with van der Waals surface area (Å²) in [4.78, 5) is 22.7. The Hall–Kier alpha value is -4.40. The third kappa shape index (κ3) is 3.95. The van der Waals surface area contributed by atoms with Crippen molar-refractivity contribution < 1.29 is 18.0 Å². The minimum atomic E-state index is -4.48. The van der Waals surface area contributed by atoms with Crippen LogP contribution in [0.3, 0.4) is 0 Å². The fourth-order valence-corrected chi connectivity index (χ4v) is 3.96. The molecular weight excluding hydrogens is 455 g/mol. The van der Waals surface area contributed by atoms with Crippen LogP contribution in [0.1, 0.15) is 27.0 Å². The molecule has 35 heavy (non-hydrogen) atoms. The number of aryl methyl sites for hydroxylation is 2. The number of benzene rings is 3. The summed E-state index contributed by atoms with van der Waals surface area (Å²) >= 11 is 0. The molecule has 3 aromatic carbocycles. The predicted octanol–water partition coefficient (Wildman–Crippen LogP) is 6.04. The molecule has 0 spiro atoms. The molecule has 0 atom stereocenters. The summed E-state index contributed by atoms with van der Waals surface area (Å²) in [6.45, 7) is 3.91. The zero-order valence-electron chi connectivity index (χ0n) is 18.8. The number of halogens is 3. The number of amides is 1.